The van der Waals surface area contributed by atoms with Gasteiger partial charge in [-0.05, 0) is 77.2 Å². The van der Waals surface area contributed by atoms with Crippen LogP contribution >= 0.6 is 22.6 Å². The topological polar surface area (TPSA) is 0 Å². The molecular weight excluding hydrogens is 331 g/mol. The number of rotatable bonds is 2. The Bertz CT molecular complexity index is 574. The van der Waals surface area contributed by atoms with Crippen molar-refractivity contribution in [2.75, 3.05) is 0 Å². The minimum Gasteiger partial charge on any atom is -0.0617 e. The van der Waals surface area contributed by atoms with Gasteiger partial charge >= 0.3 is 0 Å². The molecule has 0 fully saturated rings. The molecule has 0 nitrogen and oxygen atoms in total. The van der Waals surface area contributed by atoms with Crippen LogP contribution in [0.25, 0.3) is 12.2 Å². The molecule has 0 atom stereocenters. The lowest BCUT2D eigenvalue weighted by Crippen LogP contribution is -1.87. The Hall–Kier alpha value is -1.09. The molecule has 2 aromatic carbocycles. The predicted molar refractivity (Wildman–Crippen MR) is 88.7 cm³/mol. The van der Waals surface area contributed by atoms with E-state index in [0.717, 1.165) is 0 Å². The molecule has 0 bridgehead atoms. The minimum atomic E-state index is 1.30. The molecule has 2 aromatic rings. The molecule has 1 heteroatoms. The van der Waals surface area contributed by atoms with Crippen LogP contribution in [-0.2, 0) is 0 Å². The number of benzene rings is 2. The fourth-order valence-corrected chi connectivity index (χ4v) is 2.59. The molecule has 0 aliphatic heterocycles. The van der Waals surface area contributed by atoms with Gasteiger partial charge in [0.2, 0.25) is 0 Å². The normalized spacial score (nSPS) is 11.1. The summed E-state index contributed by atoms with van der Waals surface area (Å²) in [5.74, 6) is 0. The van der Waals surface area contributed by atoms with Gasteiger partial charge in [-0.2, -0.15) is 0 Å². The average Bonchev–Trinajstić information content (AvgIpc) is 2.33. The summed E-state index contributed by atoms with van der Waals surface area (Å²) in [4.78, 5) is 0. The third kappa shape index (κ3) is 2.83. The van der Waals surface area contributed by atoms with Gasteiger partial charge in [0.1, 0.15) is 0 Å². The largest absolute Gasteiger partial charge is 0.0617 e. The van der Waals surface area contributed by atoms with Gasteiger partial charge in [-0.3, -0.25) is 0 Å². The van der Waals surface area contributed by atoms with Gasteiger partial charge in [-0.25, -0.2) is 0 Å². The van der Waals surface area contributed by atoms with Gasteiger partial charge in [0.25, 0.3) is 0 Å². The summed E-state index contributed by atoms with van der Waals surface area (Å²) in [6.45, 7) is 6.49. The SMILES string of the molecule is Cc1cccc(C)c1/C=C/c1cccc(I)c1C. The lowest BCUT2D eigenvalue weighted by Gasteiger charge is -2.06. The molecule has 0 spiro atoms. The maximum absolute atomic E-state index is 2.38. The Morgan fingerprint density at radius 2 is 1.44 bits per heavy atom. The molecule has 0 radical (unpaired) electrons. The van der Waals surface area contributed by atoms with Crippen LogP contribution in [0.3, 0.4) is 0 Å². The Labute approximate surface area is 123 Å². The number of hydrogen-bond donors (Lipinski definition) is 0. The number of halogens is 1. The zero-order chi connectivity index (χ0) is 13.1. The summed E-state index contributed by atoms with van der Waals surface area (Å²) < 4.78 is 1.32. The van der Waals surface area contributed by atoms with Crippen LogP contribution in [0.15, 0.2) is 36.4 Å². The highest BCUT2D eigenvalue weighted by Gasteiger charge is 2.00. The monoisotopic (exact) mass is 348 g/mol. The van der Waals surface area contributed by atoms with Crippen molar-refractivity contribution in [3.05, 3.63) is 67.8 Å². The van der Waals surface area contributed by atoms with E-state index in [9.17, 15) is 0 Å². The first-order valence-electron chi connectivity index (χ1n) is 6.09. The van der Waals surface area contributed by atoms with Crippen molar-refractivity contribution >= 4 is 34.7 Å². The van der Waals surface area contributed by atoms with Crippen molar-refractivity contribution in [2.24, 2.45) is 0 Å². The van der Waals surface area contributed by atoms with Crippen molar-refractivity contribution < 1.29 is 0 Å². The van der Waals surface area contributed by atoms with E-state index >= 15 is 0 Å². The predicted octanol–water partition coefficient (Wildman–Crippen LogP) is 5.39. The molecule has 2 rings (SSSR count). The van der Waals surface area contributed by atoms with Crippen LogP contribution in [-0.4, -0.2) is 0 Å². The maximum Gasteiger partial charge on any atom is 0.0165 e. The summed E-state index contributed by atoms with van der Waals surface area (Å²) in [5, 5.41) is 0. The van der Waals surface area contributed by atoms with Crippen molar-refractivity contribution in [3.63, 3.8) is 0 Å². The van der Waals surface area contributed by atoms with Crippen LogP contribution < -0.4 is 0 Å². The molecule has 0 unspecified atom stereocenters. The van der Waals surface area contributed by atoms with Crippen LogP contribution in [0.4, 0.5) is 0 Å². The third-order valence-corrected chi connectivity index (χ3v) is 4.45. The molecule has 0 aliphatic carbocycles. The van der Waals surface area contributed by atoms with Crippen molar-refractivity contribution in [1.82, 2.24) is 0 Å². The Kier molecular flexibility index (Phi) is 4.23. The fourth-order valence-electron chi connectivity index (χ4n) is 2.07. The first kappa shape index (κ1) is 13.3. The smallest absolute Gasteiger partial charge is 0.0165 e. The van der Waals surface area contributed by atoms with E-state index in [1.807, 2.05) is 0 Å². The van der Waals surface area contributed by atoms with E-state index in [-0.39, 0.29) is 0 Å². The molecule has 92 valence electrons. The van der Waals surface area contributed by atoms with Gasteiger partial charge < -0.3 is 0 Å². The van der Waals surface area contributed by atoms with Crippen LogP contribution in [0.2, 0.25) is 0 Å². The highest BCUT2D eigenvalue weighted by atomic mass is 127. The zero-order valence-corrected chi connectivity index (χ0v) is 13.2. The molecule has 0 saturated heterocycles. The van der Waals surface area contributed by atoms with Gasteiger partial charge in [0, 0.05) is 3.57 Å². The standard InChI is InChI=1S/C17H17I/c1-12-6-4-7-13(2)16(12)11-10-15-8-5-9-17(18)14(15)3/h4-11H,1-3H3/b11-10+. The lowest BCUT2D eigenvalue weighted by molar-refractivity contribution is 1.36. The number of aryl methyl sites for hydroxylation is 2. The van der Waals surface area contributed by atoms with Gasteiger partial charge in [0.05, 0.1) is 0 Å². The first-order chi connectivity index (χ1) is 8.59. The van der Waals surface area contributed by atoms with Gasteiger partial charge in [-0.1, -0.05) is 42.5 Å². The Morgan fingerprint density at radius 1 is 0.833 bits per heavy atom. The van der Waals surface area contributed by atoms with Crippen molar-refractivity contribution in [3.8, 4) is 0 Å². The maximum atomic E-state index is 2.38. The van der Waals surface area contributed by atoms with Crippen molar-refractivity contribution in [1.29, 1.82) is 0 Å². The van der Waals surface area contributed by atoms with E-state index in [4.69, 9.17) is 0 Å². The molecule has 0 N–H and O–H groups in total. The van der Waals surface area contributed by atoms with E-state index in [1.54, 1.807) is 0 Å². The summed E-state index contributed by atoms with van der Waals surface area (Å²) >= 11 is 2.38. The third-order valence-electron chi connectivity index (χ3n) is 3.28. The Balaban J connectivity index is 2.39. The van der Waals surface area contributed by atoms with Crippen LogP contribution in [0.5, 0.6) is 0 Å². The second-order valence-electron chi connectivity index (χ2n) is 4.59. The first-order valence-corrected chi connectivity index (χ1v) is 7.17. The second kappa shape index (κ2) is 5.70. The molecular formula is C17H17I. The zero-order valence-electron chi connectivity index (χ0n) is 11.0. The average molecular weight is 348 g/mol. The molecule has 0 aliphatic rings. The Morgan fingerprint density at radius 3 is 2.11 bits per heavy atom. The summed E-state index contributed by atoms with van der Waals surface area (Å²) in [6.07, 6.45) is 4.44. The second-order valence-corrected chi connectivity index (χ2v) is 5.76. The van der Waals surface area contributed by atoms with E-state index in [2.05, 4.69) is 91.9 Å². The fraction of sp³-hybridized carbons (Fsp3) is 0.176. The van der Waals surface area contributed by atoms with Crippen molar-refractivity contribution in [2.45, 2.75) is 20.8 Å². The molecule has 0 aromatic heterocycles. The van der Waals surface area contributed by atoms with Crippen LogP contribution in [0, 0.1) is 24.3 Å². The summed E-state index contributed by atoms with van der Waals surface area (Å²) in [7, 11) is 0. The van der Waals surface area contributed by atoms with Gasteiger partial charge in [-0.15, -0.1) is 0 Å². The highest BCUT2D eigenvalue weighted by Crippen LogP contribution is 2.20. The molecule has 18 heavy (non-hydrogen) atoms. The quantitative estimate of drug-likeness (QED) is 0.504. The minimum absolute atomic E-state index is 1.30. The molecule has 0 heterocycles. The van der Waals surface area contributed by atoms with Gasteiger partial charge in [0.15, 0.2) is 0 Å². The molecule has 0 saturated carbocycles. The summed E-state index contributed by atoms with van der Waals surface area (Å²) in [5.41, 5.74) is 6.63. The highest BCUT2D eigenvalue weighted by molar-refractivity contribution is 14.1. The van der Waals surface area contributed by atoms with E-state index in [0.29, 0.717) is 0 Å². The van der Waals surface area contributed by atoms with E-state index < -0.39 is 0 Å². The van der Waals surface area contributed by atoms with E-state index in [1.165, 1.54) is 31.4 Å². The summed E-state index contributed by atoms with van der Waals surface area (Å²) in [6, 6.07) is 12.9. The lowest BCUT2D eigenvalue weighted by atomic mass is 10.0. The molecule has 0 amide bonds. The number of hydrogen-bond acceptors (Lipinski definition) is 0. The van der Waals surface area contributed by atoms with Crippen LogP contribution in [0.1, 0.15) is 27.8 Å².